The van der Waals surface area contributed by atoms with Gasteiger partial charge in [0.15, 0.2) is 0 Å². The minimum absolute atomic E-state index is 0.204. The second-order valence-electron chi connectivity index (χ2n) is 6.59. The summed E-state index contributed by atoms with van der Waals surface area (Å²) in [5.41, 5.74) is 2.41. The molecule has 0 aliphatic carbocycles. The normalized spacial score (nSPS) is 11.2. The predicted octanol–water partition coefficient (Wildman–Crippen LogP) is 6.21. The van der Waals surface area contributed by atoms with Crippen LogP contribution in [0.15, 0.2) is 93.8 Å². The maximum Gasteiger partial charge on any atom is 0.365 e. The zero-order valence-electron chi connectivity index (χ0n) is 17.0. The number of Topliss-reactive ketones (excluding diaryl/α,β-unsaturated/α-hetero) is 1. The van der Waals surface area contributed by atoms with Crippen molar-refractivity contribution in [1.82, 2.24) is 0 Å². The van der Waals surface area contributed by atoms with Crippen molar-refractivity contribution in [3.8, 4) is 0 Å². The van der Waals surface area contributed by atoms with Gasteiger partial charge in [-0.2, -0.15) is 0 Å². The van der Waals surface area contributed by atoms with E-state index in [1.165, 1.54) is 5.56 Å². The second kappa shape index (κ2) is 10.6. The lowest BCUT2D eigenvalue weighted by molar-refractivity contribution is 0.0515. The Labute approximate surface area is 181 Å². The van der Waals surface area contributed by atoms with Gasteiger partial charge in [0, 0.05) is 15.4 Å². The van der Waals surface area contributed by atoms with E-state index in [1.54, 1.807) is 55.1 Å². The Kier molecular flexibility index (Phi) is 7.57. The van der Waals surface area contributed by atoms with Crippen LogP contribution < -0.4 is 0 Å². The van der Waals surface area contributed by atoms with E-state index in [-0.39, 0.29) is 11.5 Å². The molecular weight excluding hydrogens is 394 g/mol. The third-order valence-electron chi connectivity index (χ3n) is 4.53. The highest BCUT2D eigenvalue weighted by molar-refractivity contribution is 7.99. The largest absolute Gasteiger partial charge is 0.365 e. The van der Waals surface area contributed by atoms with Crippen LogP contribution in [-0.2, 0) is 11.3 Å². The molecule has 0 N–H and O–H groups in total. The van der Waals surface area contributed by atoms with E-state index in [0.29, 0.717) is 17.5 Å². The lowest BCUT2D eigenvalue weighted by atomic mass is 10.1. The van der Waals surface area contributed by atoms with Crippen LogP contribution in [0.25, 0.3) is 0 Å². The van der Waals surface area contributed by atoms with Gasteiger partial charge >= 0.3 is 5.97 Å². The van der Waals surface area contributed by atoms with Crippen molar-refractivity contribution in [2.45, 2.75) is 36.5 Å². The minimum atomic E-state index is -0.588. The van der Waals surface area contributed by atoms with Crippen LogP contribution in [0.4, 0.5) is 0 Å². The molecule has 0 atom stereocenters. The lowest BCUT2D eigenvalue weighted by Crippen LogP contribution is -2.15. The number of rotatable bonds is 8. The van der Waals surface area contributed by atoms with Crippen LogP contribution in [0.2, 0.25) is 0 Å². The Morgan fingerprint density at radius 2 is 1.40 bits per heavy atom. The molecule has 0 amide bonds. The number of aryl methyl sites for hydroxylation is 1. The highest BCUT2D eigenvalue weighted by atomic mass is 32.2. The first kappa shape index (κ1) is 21.5. The van der Waals surface area contributed by atoms with Crippen LogP contribution in [-0.4, -0.2) is 17.5 Å². The van der Waals surface area contributed by atoms with Crippen LogP contribution in [0.3, 0.4) is 0 Å². The molecule has 152 valence electrons. The van der Waals surface area contributed by atoms with E-state index in [4.69, 9.17) is 4.84 Å². The number of ketones is 1. The molecule has 3 rings (SSSR count). The summed E-state index contributed by atoms with van der Waals surface area (Å²) in [5, 5.41) is 3.81. The summed E-state index contributed by atoms with van der Waals surface area (Å²) in [7, 11) is 0. The topological polar surface area (TPSA) is 55.7 Å². The van der Waals surface area contributed by atoms with E-state index >= 15 is 0 Å². The quantitative estimate of drug-likeness (QED) is 0.189. The average Bonchev–Trinajstić information content (AvgIpc) is 2.80. The van der Waals surface area contributed by atoms with E-state index < -0.39 is 5.97 Å². The van der Waals surface area contributed by atoms with Gasteiger partial charge in [-0.05, 0) is 66.9 Å². The van der Waals surface area contributed by atoms with E-state index in [0.717, 1.165) is 16.2 Å². The first-order valence-electron chi connectivity index (χ1n) is 9.85. The fourth-order valence-electron chi connectivity index (χ4n) is 2.76. The summed E-state index contributed by atoms with van der Waals surface area (Å²) < 4.78 is 0. The third-order valence-corrected chi connectivity index (χ3v) is 5.54. The summed E-state index contributed by atoms with van der Waals surface area (Å²) in [6.07, 6.45) is 1.38. The van der Waals surface area contributed by atoms with E-state index in [2.05, 4.69) is 36.3 Å². The van der Waals surface area contributed by atoms with Crippen molar-refractivity contribution in [1.29, 1.82) is 0 Å². The van der Waals surface area contributed by atoms with Crippen LogP contribution in [0.5, 0.6) is 0 Å². The SMILES string of the molecule is CCC(=NOC(=O)c1ccccc1)C(=O)c1ccc(Sc2ccc(CC)cc2)cc1. The fourth-order valence-corrected chi connectivity index (χ4v) is 3.58. The van der Waals surface area contributed by atoms with Crippen molar-refractivity contribution in [3.63, 3.8) is 0 Å². The maximum absolute atomic E-state index is 12.7. The van der Waals surface area contributed by atoms with Crippen molar-refractivity contribution in [2.75, 3.05) is 0 Å². The molecule has 0 bridgehead atoms. The van der Waals surface area contributed by atoms with Gasteiger partial charge in [-0.3, -0.25) is 4.79 Å². The van der Waals surface area contributed by atoms with Gasteiger partial charge in [0.25, 0.3) is 0 Å². The Bertz CT molecular complexity index is 1030. The molecule has 0 aliphatic rings. The third kappa shape index (κ3) is 5.67. The highest BCUT2D eigenvalue weighted by Gasteiger charge is 2.15. The second-order valence-corrected chi connectivity index (χ2v) is 7.74. The zero-order valence-corrected chi connectivity index (χ0v) is 17.8. The van der Waals surface area contributed by atoms with Gasteiger partial charge < -0.3 is 4.84 Å². The molecule has 5 heteroatoms. The molecule has 0 fully saturated rings. The molecule has 0 unspecified atom stereocenters. The maximum atomic E-state index is 12.7. The highest BCUT2D eigenvalue weighted by Crippen LogP contribution is 2.28. The minimum Gasteiger partial charge on any atom is -0.312 e. The number of carbonyl (C=O) groups excluding carboxylic acids is 2. The van der Waals surface area contributed by atoms with E-state index in [9.17, 15) is 9.59 Å². The predicted molar refractivity (Wildman–Crippen MR) is 120 cm³/mol. The molecule has 0 saturated heterocycles. The van der Waals surface area contributed by atoms with Crippen LogP contribution >= 0.6 is 11.8 Å². The monoisotopic (exact) mass is 417 g/mol. The van der Waals surface area contributed by atoms with Crippen LogP contribution in [0, 0.1) is 0 Å². The average molecular weight is 418 g/mol. The number of hydrogen-bond donors (Lipinski definition) is 0. The number of nitrogens with zero attached hydrogens (tertiary/aromatic N) is 1. The van der Waals surface area contributed by atoms with Gasteiger partial charge in [-0.1, -0.05) is 61.1 Å². The molecule has 3 aromatic rings. The van der Waals surface area contributed by atoms with E-state index in [1.807, 2.05) is 18.2 Å². The molecule has 30 heavy (non-hydrogen) atoms. The number of carbonyl (C=O) groups is 2. The standard InChI is InChI=1S/C25H23NO3S/c1-3-18-10-14-21(15-11-18)30-22-16-12-19(13-17-22)24(27)23(4-2)26-29-25(28)20-8-6-5-7-9-20/h5-17H,3-4H2,1-2H3. The summed E-state index contributed by atoms with van der Waals surface area (Å²) in [5.74, 6) is -0.836. The molecule has 0 spiro atoms. The van der Waals surface area contributed by atoms with Crippen molar-refractivity contribution >= 4 is 29.2 Å². The first-order valence-corrected chi connectivity index (χ1v) is 10.7. The molecule has 0 aromatic heterocycles. The van der Waals surface area contributed by atoms with Gasteiger partial charge in [-0.25, -0.2) is 4.79 Å². The Morgan fingerprint density at radius 1 is 0.800 bits per heavy atom. The van der Waals surface area contributed by atoms with Crippen molar-refractivity contribution in [2.24, 2.45) is 5.16 Å². The Hall–Kier alpha value is -3.18. The number of benzene rings is 3. The van der Waals surface area contributed by atoms with Gasteiger partial charge in [0.2, 0.25) is 5.78 Å². The lowest BCUT2D eigenvalue weighted by Gasteiger charge is -2.06. The van der Waals surface area contributed by atoms with Gasteiger partial charge in [0.05, 0.1) is 5.56 Å². The zero-order chi connectivity index (χ0) is 21.3. The summed E-state index contributed by atoms with van der Waals surface area (Å²) in [4.78, 5) is 31.9. The van der Waals surface area contributed by atoms with Crippen molar-refractivity contribution in [3.05, 3.63) is 95.6 Å². The first-order chi connectivity index (χ1) is 14.6. The summed E-state index contributed by atoms with van der Waals surface area (Å²) >= 11 is 1.64. The van der Waals surface area contributed by atoms with Gasteiger partial charge in [-0.15, -0.1) is 0 Å². The molecular formula is C25H23NO3S. The number of hydrogen-bond acceptors (Lipinski definition) is 5. The molecule has 0 radical (unpaired) electrons. The molecule has 4 nitrogen and oxygen atoms in total. The Morgan fingerprint density at radius 3 is 1.97 bits per heavy atom. The summed E-state index contributed by atoms with van der Waals surface area (Å²) in [6.45, 7) is 3.94. The molecule has 0 aliphatic heterocycles. The Balaban J connectivity index is 1.66. The fraction of sp³-hybridized carbons (Fsp3) is 0.160. The van der Waals surface area contributed by atoms with Crippen LogP contribution in [0.1, 0.15) is 46.5 Å². The van der Waals surface area contributed by atoms with Crippen molar-refractivity contribution < 1.29 is 14.4 Å². The molecule has 3 aromatic carbocycles. The summed E-state index contributed by atoms with van der Waals surface area (Å²) in [6, 6.07) is 24.4. The number of oxime groups is 1. The van der Waals surface area contributed by atoms with Gasteiger partial charge in [0.1, 0.15) is 5.71 Å². The smallest absolute Gasteiger partial charge is 0.312 e. The molecule has 0 heterocycles. The molecule has 0 saturated carbocycles.